The summed E-state index contributed by atoms with van der Waals surface area (Å²) in [5, 5.41) is 3.45. The summed E-state index contributed by atoms with van der Waals surface area (Å²) < 4.78 is 5.82. The van der Waals surface area contributed by atoms with Crippen LogP contribution in [-0.2, 0) is 13.0 Å². The molecule has 0 unspecified atom stereocenters. The Bertz CT molecular complexity index is 526. The van der Waals surface area contributed by atoms with E-state index in [1.54, 1.807) is 6.20 Å². The lowest BCUT2D eigenvalue weighted by Crippen LogP contribution is -2.18. The van der Waals surface area contributed by atoms with Gasteiger partial charge in [-0.15, -0.1) is 0 Å². The fourth-order valence-corrected chi connectivity index (χ4v) is 2.08. The predicted octanol–water partition coefficient (Wildman–Crippen LogP) is 3.45. The summed E-state index contributed by atoms with van der Waals surface area (Å²) in [7, 11) is 0. The van der Waals surface area contributed by atoms with Crippen molar-refractivity contribution in [2.24, 2.45) is 5.92 Å². The number of ether oxygens (including phenoxy) is 1. The molecule has 0 aliphatic carbocycles. The second-order valence-corrected chi connectivity index (χ2v) is 5.63. The van der Waals surface area contributed by atoms with Crippen LogP contribution in [-0.4, -0.2) is 18.1 Å². The zero-order valence-corrected chi connectivity index (χ0v) is 12.9. The molecule has 0 aliphatic heterocycles. The third-order valence-corrected chi connectivity index (χ3v) is 3.16. The summed E-state index contributed by atoms with van der Waals surface area (Å²) in [5.41, 5.74) is 2.46. The highest BCUT2D eigenvalue weighted by Gasteiger charge is 1.99. The van der Waals surface area contributed by atoms with E-state index in [9.17, 15) is 0 Å². The average molecular weight is 284 g/mol. The molecule has 1 heterocycles. The van der Waals surface area contributed by atoms with Crippen LogP contribution in [0.15, 0.2) is 48.8 Å². The Morgan fingerprint density at radius 3 is 2.76 bits per heavy atom. The lowest BCUT2D eigenvalue weighted by Gasteiger charge is -2.10. The lowest BCUT2D eigenvalue weighted by atomic mass is 10.2. The maximum atomic E-state index is 5.82. The SMILES string of the molecule is CC(C)CNCc1cccc(OCCc2cccnc2)c1. The molecule has 0 spiro atoms. The average Bonchev–Trinajstić information content (AvgIpc) is 2.48. The third kappa shape index (κ3) is 5.96. The smallest absolute Gasteiger partial charge is 0.119 e. The number of aromatic nitrogens is 1. The van der Waals surface area contributed by atoms with Crippen LogP contribution in [0.25, 0.3) is 0 Å². The van der Waals surface area contributed by atoms with Crippen molar-refractivity contribution in [3.8, 4) is 5.75 Å². The van der Waals surface area contributed by atoms with E-state index in [-0.39, 0.29) is 0 Å². The van der Waals surface area contributed by atoms with E-state index in [0.29, 0.717) is 12.5 Å². The van der Waals surface area contributed by atoms with E-state index in [1.165, 1.54) is 11.1 Å². The Balaban J connectivity index is 1.78. The molecule has 0 fully saturated rings. The van der Waals surface area contributed by atoms with E-state index in [1.807, 2.05) is 24.4 Å². The molecule has 3 nitrogen and oxygen atoms in total. The summed E-state index contributed by atoms with van der Waals surface area (Å²) in [5.74, 6) is 1.60. The van der Waals surface area contributed by atoms with Crippen molar-refractivity contribution >= 4 is 0 Å². The zero-order chi connectivity index (χ0) is 14.9. The molecule has 3 heteroatoms. The van der Waals surface area contributed by atoms with Crippen LogP contribution < -0.4 is 10.1 Å². The van der Waals surface area contributed by atoms with Crippen molar-refractivity contribution in [2.75, 3.05) is 13.2 Å². The molecule has 1 aromatic heterocycles. The van der Waals surface area contributed by atoms with Gasteiger partial charge >= 0.3 is 0 Å². The van der Waals surface area contributed by atoms with Gasteiger partial charge in [0.05, 0.1) is 6.61 Å². The number of pyridine rings is 1. The second-order valence-electron chi connectivity index (χ2n) is 5.63. The van der Waals surface area contributed by atoms with E-state index in [0.717, 1.165) is 25.3 Å². The highest BCUT2D eigenvalue weighted by molar-refractivity contribution is 5.28. The van der Waals surface area contributed by atoms with Gasteiger partial charge in [-0.1, -0.05) is 32.0 Å². The molecule has 0 atom stereocenters. The molecule has 1 N–H and O–H groups in total. The topological polar surface area (TPSA) is 34.1 Å². The molecular formula is C18H24N2O. The minimum atomic E-state index is 0.670. The quantitative estimate of drug-likeness (QED) is 0.806. The minimum absolute atomic E-state index is 0.670. The summed E-state index contributed by atoms with van der Waals surface area (Å²) in [6, 6.07) is 12.3. The number of hydrogen-bond donors (Lipinski definition) is 1. The lowest BCUT2D eigenvalue weighted by molar-refractivity contribution is 0.321. The molecule has 21 heavy (non-hydrogen) atoms. The summed E-state index contributed by atoms with van der Waals surface area (Å²) in [6.07, 6.45) is 4.55. The van der Waals surface area contributed by atoms with Crippen molar-refractivity contribution in [1.82, 2.24) is 10.3 Å². The molecular weight excluding hydrogens is 260 g/mol. The normalized spacial score (nSPS) is 10.8. The largest absolute Gasteiger partial charge is 0.493 e. The van der Waals surface area contributed by atoms with E-state index in [4.69, 9.17) is 4.74 Å². The van der Waals surface area contributed by atoms with Crippen LogP contribution in [0.1, 0.15) is 25.0 Å². The summed E-state index contributed by atoms with van der Waals surface area (Å²) in [4.78, 5) is 4.11. The van der Waals surface area contributed by atoms with E-state index in [2.05, 4.69) is 42.3 Å². The first-order valence-electron chi connectivity index (χ1n) is 7.55. The standard InChI is InChI=1S/C18H24N2O/c1-15(2)12-20-14-17-5-3-7-18(11-17)21-10-8-16-6-4-9-19-13-16/h3-7,9,11,13,15,20H,8,10,12,14H2,1-2H3. The molecule has 0 amide bonds. The Kier molecular flexibility index (Phi) is 6.22. The minimum Gasteiger partial charge on any atom is -0.493 e. The Morgan fingerprint density at radius 2 is 2.00 bits per heavy atom. The summed E-state index contributed by atoms with van der Waals surface area (Å²) in [6.45, 7) is 7.02. The van der Waals surface area contributed by atoms with Gasteiger partial charge in [-0.2, -0.15) is 0 Å². The van der Waals surface area contributed by atoms with E-state index >= 15 is 0 Å². The monoisotopic (exact) mass is 284 g/mol. The number of nitrogens with one attached hydrogen (secondary N) is 1. The van der Waals surface area contributed by atoms with Crippen molar-refractivity contribution in [1.29, 1.82) is 0 Å². The van der Waals surface area contributed by atoms with Gasteiger partial charge in [-0.25, -0.2) is 0 Å². The zero-order valence-electron chi connectivity index (χ0n) is 12.9. The van der Waals surface area contributed by atoms with Crippen molar-refractivity contribution in [3.05, 3.63) is 59.9 Å². The van der Waals surface area contributed by atoms with Gasteiger partial charge in [0.1, 0.15) is 5.75 Å². The predicted molar refractivity (Wildman–Crippen MR) is 86.4 cm³/mol. The molecule has 1 aromatic carbocycles. The first-order chi connectivity index (χ1) is 10.2. The Labute approximate surface area is 127 Å². The van der Waals surface area contributed by atoms with Crippen LogP contribution in [0.5, 0.6) is 5.75 Å². The van der Waals surface area contributed by atoms with Crippen LogP contribution in [0.3, 0.4) is 0 Å². The summed E-state index contributed by atoms with van der Waals surface area (Å²) >= 11 is 0. The van der Waals surface area contributed by atoms with Crippen molar-refractivity contribution < 1.29 is 4.74 Å². The van der Waals surface area contributed by atoms with Crippen molar-refractivity contribution in [2.45, 2.75) is 26.8 Å². The van der Waals surface area contributed by atoms with Crippen LogP contribution in [0, 0.1) is 5.92 Å². The Morgan fingerprint density at radius 1 is 1.14 bits per heavy atom. The highest BCUT2D eigenvalue weighted by atomic mass is 16.5. The van der Waals surface area contributed by atoms with Gasteiger partial charge in [-0.3, -0.25) is 4.98 Å². The van der Waals surface area contributed by atoms with Crippen LogP contribution >= 0.6 is 0 Å². The third-order valence-electron chi connectivity index (χ3n) is 3.16. The first-order valence-corrected chi connectivity index (χ1v) is 7.55. The molecule has 2 aromatic rings. The van der Waals surface area contributed by atoms with Gasteiger partial charge < -0.3 is 10.1 Å². The van der Waals surface area contributed by atoms with Gasteiger partial charge in [0.25, 0.3) is 0 Å². The molecule has 0 saturated heterocycles. The first kappa shape index (κ1) is 15.5. The molecule has 0 bridgehead atoms. The Hall–Kier alpha value is -1.87. The number of rotatable bonds is 8. The second kappa shape index (κ2) is 8.42. The number of benzene rings is 1. The van der Waals surface area contributed by atoms with Gasteiger partial charge in [-0.05, 0) is 41.8 Å². The van der Waals surface area contributed by atoms with Crippen LogP contribution in [0.4, 0.5) is 0 Å². The molecule has 0 radical (unpaired) electrons. The fourth-order valence-electron chi connectivity index (χ4n) is 2.08. The number of hydrogen-bond acceptors (Lipinski definition) is 3. The van der Waals surface area contributed by atoms with Gasteiger partial charge in [0.2, 0.25) is 0 Å². The van der Waals surface area contributed by atoms with Crippen LogP contribution in [0.2, 0.25) is 0 Å². The molecule has 112 valence electrons. The van der Waals surface area contributed by atoms with E-state index < -0.39 is 0 Å². The van der Waals surface area contributed by atoms with Crippen molar-refractivity contribution in [3.63, 3.8) is 0 Å². The maximum Gasteiger partial charge on any atom is 0.119 e. The molecule has 0 saturated carbocycles. The number of nitrogens with zero attached hydrogens (tertiary/aromatic N) is 1. The molecule has 2 rings (SSSR count). The van der Waals surface area contributed by atoms with Gasteiger partial charge in [0.15, 0.2) is 0 Å². The van der Waals surface area contributed by atoms with Gasteiger partial charge in [0, 0.05) is 25.4 Å². The maximum absolute atomic E-state index is 5.82. The molecule has 0 aliphatic rings. The fraction of sp³-hybridized carbons (Fsp3) is 0.389. The highest BCUT2D eigenvalue weighted by Crippen LogP contribution is 2.13.